The largest absolute Gasteiger partial charge is 0.542 e. The van der Waals surface area contributed by atoms with Crippen LogP contribution >= 0.6 is 0 Å². The molecule has 8 bridgehead atoms. The summed E-state index contributed by atoms with van der Waals surface area (Å²) in [4.78, 5) is 0. The summed E-state index contributed by atoms with van der Waals surface area (Å²) < 4.78 is 45.9. The molecule has 20 nitrogen and oxygen atoms in total. The molecule has 0 radical (unpaired) electrons. The maximum Gasteiger partial charge on any atom is 0.186 e. The van der Waals surface area contributed by atoms with Crippen LogP contribution in [0.5, 0.6) is 0 Å². The van der Waals surface area contributed by atoms with Gasteiger partial charge in [0, 0.05) is 46.1 Å². The Hall–Kier alpha value is -1.21. The molecule has 0 saturated carbocycles. The van der Waals surface area contributed by atoms with Crippen molar-refractivity contribution in [3.63, 3.8) is 0 Å². The Morgan fingerprint density at radius 3 is 1.17 bits per heavy atom. The minimum Gasteiger partial charge on any atom is -0.542 e. The van der Waals surface area contributed by atoms with E-state index in [4.69, 9.17) is 37.9 Å². The molecule has 12 rings (SSSR count). The van der Waals surface area contributed by atoms with E-state index in [0.29, 0.717) is 75.6 Å². The van der Waals surface area contributed by atoms with Gasteiger partial charge in [-0.3, -0.25) is 14.1 Å². The van der Waals surface area contributed by atoms with Crippen molar-refractivity contribution in [1.82, 2.24) is 10.6 Å². The molecule has 0 aromatic rings. The molecule has 12 fully saturated rings. The predicted molar refractivity (Wildman–Crippen MR) is 232 cm³/mol. The first-order chi connectivity index (χ1) is 31.0. The Morgan fingerprint density at radius 1 is 0.515 bits per heavy atom. The van der Waals surface area contributed by atoms with Gasteiger partial charge in [0.1, 0.15) is 61.0 Å². The molecule has 0 aromatic heterocycles. The standard InChI is InChI=1S/2C20H34NO9.C5H9.W/c2*1-10(21-2)6-7-12-11-5-3-4-8-27-19-17(26)15(24)18(13(9-22)29-19)30-20(28-12)16(25)14(11)23;1-4-5(2)3;/h2*11-26H,1-9H2;1-2,4H2,3H3;/q3*-1;/t2*11?,12?,13?,14?,15?,16?,17?,18?,19-,20+;;/m11../s1. The van der Waals surface area contributed by atoms with E-state index in [1.165, 1.54) is 0 Å². The molecule has 12 aliphatic rings. The fourth-order valence-corrected chi connectivity index (χ4v) is 8.68. The number of rotatable bonds is 11. The second-order valence-electron chi connectivity index (χ2n) is 17.6. The van der Waals surface area contributed by atoms with Crippen molar-refractivity contribution in [3.8, 4) is 0 Å². The van der Waals surface area contributed by atoms with E-state index in [9.17, 15) is 51.1 Å². The van der Waals surface area contributed by atoms with Crippen LogP contribution in [0.1, 0.15) is 77.6 Å². The Labute approximate surface area is 403 Å². The number of nitrogens with one attached hydrogen (secondary N) is 2. The number of hydrogen-bond donors (Lipinski definition) is 12. The summed E-state index contributed by atoms with van der Waals surface area (Å²) >= 11 is 0. The van der Waals surface area contributed by atoms with Crippen LogP contribution in [0.2, 0.25) is 0 Å². The van der Waals surface area contributed by atoms with Gasteiger partial charge in [-0.2, -0.15) is 6.42 Å². The normalized spacial score (nSPS) is 41.6. The van der Waals surface area contributed by atoms with E-state index in [-0.39, 0.29) is 46.1 Å². The Morgan fingerprint density at radius 2 is 0.848 bits per heavy atom. The predicted octanol–water partition coefficient (Wildman–Crippen LogP) is -0.718. The van der Waals surface area contributed by atoms with Crippen LogP contribution in [-0.2, 0) is 59.0 Å². The molecule has 0 aromatic carbocycles. The first-order valence-electron chi connectivity index (χ1n) is 22.7. The van der Waals surface area contributed by atoms with Gasteiger partial charge < -0.3 is 107 Å². The molecule has 12 aliphatic heterocycles. The number of aliphatic hydroxyl groups excluding tert-OH is 10. The van der Waals surface area contributed by atoms with Crippen LogP contribution in [0.4, 0.5) is 0 Å². The van der Waals surface area contributed by atoms with Crippen LogP contribution in [0.25, 0.3) is 0 Å². The topological polar surface area (TPSA) is 300 Å². The number of ether oxygens (including phenoxy) is 8. The Balaban J connectivity index is 0.000000313. The van der Waals surface area contributed by atoms with Gasteiger partial charge >= 0.3 is 0 Å². The summed E-state index contributed by atoms with van der Waals surface area (Å²) in [5.41, 5.74) is 2.57. The van der Waals surface area contributed by atoms with Crippen molar-refractivity contribution < 1.29 is 110 Å². The summed E-state index contributed by atoms with van der Waals surface area (Å²) in [7, 11) is 7.16. The van der Waals surface area contributed by atoms with Crippen LogP contribution < -0.4 is 10.6 Å². The molecule has 12 N–H and O–H groups in total. The van der Waals surface area contributed by atoms with Crippen molar-refractivity contribution in [1.29, 1.82) is 0 Å². The monoisotopic (exact) mass is 1120 g/mol. The summed E-state index contributed by atoms with van der Waals surface area (Å²) in [6.07, 6.45) is -13.8. The summed E-state index contributed by atoms with van der Waals surface area (Å²) in [6, 6.07) is 0. The summed E-state index contributed by atoms with van der Waals surface area (Å²) in [5, 5.41) is 110. The molecule has 0 spiro atoms. The zero-order valence-electron chi connectivity index (χ0n) is 38.0. The fourth-order valence-electron chi connectivity index (χ4n) is 8.68. The average Bonchev–Trinajstić information content (AvgIpc) is 3.30. The van der Waals surface area contributed by atoms with Crippen molar-refractivity contribution in [3.05, 3.63) is 57.7 Å². The van der Waals surface area contributed by atoms with E-state index in [1.807, 2.05) is 6.92 Å². The number of hydrogen-bond acceptors (Lipinski definition) is 20. The van der Waals surface area contributed by atoms with Gasteiger partial charge in [0.2, 0.25) is 0 Å². The first-order valence-corrected chi connectivity index (χ1v) is 22.7. The minimum atomic E-state index is -1.44. The summed E-state index contributed by atoms with van der Waals surface area (Å²) in [6.45, 7) is 16.4. The quantitative estimate of drug-likeness (QED) is 0.0898. The van der Waals surface area contributed by atoms with Crippen LogP contribution in [-0.4, -0.2) is 188 Å². The molecule has 384 valence electrons. The molecule has 0 aliphatic carbocycles. The Kier molecular flexibility index (Phi) is 26.2. The van der Waals surface area contributed by atoms with Crippen LogP contribution in [0, 0.1) is 32.9 Å². The molecule has 12 saturated heterocycles. The zero-order chi connectivity index (χ0) is 48.0. The van der Waals surface area contributed by atoms with Crippen LogP contribution in [0.15, 0.2) is 36.7 Å². The average molecular weight is 1120 g/mol. The minimum absolute atomic E-state index is 0. The van der Waals surface area contributed by atoms with Crippen molar-refractivity contribution >= 4 is 0 Å². The van der Waals surface area contributed by atoms with Gasteiger partial charge in [0.05, 0.1) is 37.6 Å². The van der Waals surface area contributed by atoms with Gasteiger partial charge in [-0.05, 0) is 69.7 Å². The molecular weight excluding hydrogens is 1040 g/mol. The molecular formula is C45H77N2O18W-3. The maximum atomic E-state index is 10.8. The van der Waals surface area contributed by atoms with E-state index in [0.717, 1.165) is 12.0 Å². The second-order valence-corrected chi connectivity index (χ2v) is 17.6. The van der Waals surface area contributed by atoms with Gasteiger partial charge in [0.25, 0.3) is 0 Å². The summed E-state index contributed by atoms with van der Waals surface area (Å²) in [5.74, 6) is -0.643. The molecule has 21 heteroatoms. The molecule has 16 unspecified atom stereocenters. The third-order valence-corrected chi connectivity index (χ3v) is 12.7. The van der Waals surface area contributed by atoms with E-state index in [1.54, 1.807) is 0 Å². The molecule has 20 atom stereocenters. The Bertz CT molecular complexity index is 1340. The van der Waals surface area contributed by atoms with Crippen LogP contribution in [0.3, 0.4) is 0 Å². The number of allylic oxidation sites excluding steroid dienone is 3. The van der Waals surface area contributed by atoms with Crippen molar-refractivity contribution in [2.24, 2.45) is 11.8 Å². The number of aliphatic hydroxyl groups is 10. The fraction of sp³-hybridized carbons (Fsp3) is 0.800. The van der Waals surface area contributed by atoms with E-state index in [2.05, 4.69) is 51.4 Å². The molecule has 0 amide bonds. The smallest absolute Gasteiger partial charge is 0.186 e. The molecule has 12 heterocycles. The second kappa shape index (κ2) is 29.2. The van der Waals surface area contributed by atoms with Gasteiger partial charge in [-0.25, -0.2) is 0 Å². The van der Waals surface area contributed by atoms with Crippen molar-refractivity contribution in [2.45, 2.75) is 188 Å². The third-order valence-electron chi connectivity index (χ3n) is 12.7. The van der Waals surface area contributed by atoms with Gasteiger partial charge in [-0.15, -0.1) is 12.2 Å². The zero-order valence-corrected chi connectivity index (χ0v) is 41.0. The van der Waals surface area contributed by atoms with Gasteiger partial charge in [0.15, 0.2) is 25.2 Å². The third kappa shape index (κ3) is 15.9. The SMILES string of the molecule is C=C(C)C[CH2-].C=C(CCC1O[C@H]2OC3C(CO)O[C@@H](OCCCCC1C(O)C2O)C(O)C3O)N[CH2-].C=C(CCC1O[C@H]2OC3C(CO)O[C@@H](OCCCCC1C(O)C2O)C(O)C3O)N[CH2-].[W]. The van der Waals surface area contributed by atoms with E-state index >= 15 is 0 Å². The maximum absolute atomic E-state index is 10.8. The van der Waals surface area contributed by atoms with Gasteiger partial charge in [-0.1, -0.05) is 26.0 Å². The van der Waals surface area contributed by atoms with E-state index < -0.39 is 124 Å². The molecule has 66 heavy (non-hydrogen) atoms. The van der Waals surface area contributed by atoms with Crippen molar-refractivity contribution in [2.75, 3.05) is 26.4 Å². The first kappa shape index (κ1) is 59.1.